The summed E-state index contributed by atoms with van der Waals surface area (Å²) in [6.07, 6.45) is 1.51. The Morgan fingerprint density at radius 2 is 2.00 bits per heavy atom. The van der Waals surface area contributed by atoms with E-state index in [1.165, 1.54) is 6.20 Å². The molecule has 0 saturated carbocycles. The maximum absolute atomic E-state index is 10.1. The Balaban J connectivity index is 2.12. The Morgan fingerprint density at radius 1 is 1.24 bits per heavy atom. The average Bonchev–Trinajstić information content (AvgIpc) is 2.83. The standard InChI is InChI=1S/C15H16N4O2/c1-3-21-12-9-16-13-14(17-12)19(15(20)18-13)10(2)11-7-5-4-6-8-11/h4-10H,3H2,1-2H3,(H,16,18,20)/t10-/m0/s1. The van der Waals surface area contributed by atoms with Gasteiger partial charge < -0.3 is 9.84 Å². The molecule has 2 heterocycles. The molecule has 0 unspecified atom stereocenters. The fourth-order valence-electron chi connectivity index (χ4n) is 2.30. The molecule has 108 valence electrons. The van der Waals surface area contributed by atoms with Gasteiger partial charge >= 0.3 is 0 Å². The van der Waals surface area contributed by atoms with Crippen LogP contribution in [0, 0.1) is 0 Å². The van der Waals surface area contributed by atoms with Crippen molar-refractivity contribution >= 4 is 11.3 Å². The van der Waals surface area contributed by atoms with E-state index in [9.17, 15) is 5.11 Å². The lowest BCUT2D eigenvalue weighted by Crippen LogP contribution is -2.07. The van der Waals surface area contributed by atoms with Crippen molar-refractivity contribution < 1.29 is 9.84 Å². The maximum Gasteiger partial charge on any atom is 0.298 e. The van der Waals surface area contributed by atoms with Gasteiger partial charge in [0.05, 0.1) is 18.8 Å². The zero-order valence-corrected chi connectivity index (χ0v) is 11.9. The van der Waals surface area contributed by atoms with Crippen molar-refractivity contribution in [3.8, 4) is 11.9 Å². The smallest absolute Gasteiger partial charge is 0.298 e. The number of aromatic hydroxyl groups is 1. The number of aromatic nitrogens is 4. The van der Waals surface area contributed by atoms with Crippen LogP contribution in [0.5, 0.6) is 11.9 Å². The number of benzene rings is 1. The Bertz CT molecular complexity index is 755. The maximum atomic E-state index is 10.1. The SMILES string of the molecule is CCOc1cnc2nc(O)n([C@@H](C)c3ccccc3)c2n1. The number of hydrogen-bond acceptors (Lipinski definition) is 5. The zero-order chi connectivity index (χ0) is 14.8. The molecule has 2 aromatic heterocycles. The highest BCUT2D eigenvalue weighted by molar-refractivity contribution is 5.68. The van der Waals surface area contributed by atoms with Crippen LogP contribution in [0.2, 0.25) is 0 Å². The van der Waals surface area contributed by atoms with Gasteiger partial charge in [0.15, 0.2) is 5.65 Å². The van der Waals surface area contributed by atoms with Gasteiger partial charge in [-0.25, -0.2) is 4.98 Å². The first-order valence-electron chi connectivity index (χ1n) is 6.82. The van der Waals surface area contributed by atoms with E-state index in [0.29, 0.717) is 23.8 Å². The Labute approximate surface area is 122 Å². The summed E-state index contributed by atoms with van der Waals surface area (Å²) in [5, 5.41) is 10.1. The molecular weight excluding hydrogens is 268 g/mol. The predicted octanol–water partition coefficient (Wildman–Crippen LogP) is 2.54. The van der Waals surface area contributed by atoms with Crippen molar-refractivity contribution in [2.75, 3.05) is 6.61 Å². The van der Waals surface area contributed by atoms with Gasteiger partial charge in [-0.2, -0.15) is 9.97 Å². The molecule has 0 bridgehead atoms. The van der Waals surface area contributed by atoms with Gasteiger partial charge in [0.1, 0.15) is 0 Å². The first-order chi connectivity index (χ1) is 10.2. The third-order valence-electron chi connectivity index (χ3n) is 3.32. The fraction of sp³-hybridized carbons (Fsp3) is 0.267. The van der Waals surface area contributed by atoms with Crippen molar-refractivity contribution in [3.63, 3.8) is 0 Å². The molecule has 1 N–H and O–H groups in total. The van der Waals surface area contributed by atoms with E-state index in [0.717, 1.165) is 5.56 Å². The van der Waals surface area contributed by atoms with E-state index in [2.05, 4.69) is 15.0 Å². The topological polar surface area (TPSA) is 73.1 Å². The van der Waals surface area contributed by atoms with Gasteiger partial charge in [-0.3, -0.25) is 4.57 Å². The van der Waals surface area contributed by atoms with Crippen LogP contribution in [0.3, 0.4) is 0 Å². The second kappa shape index (κ2) is 5.40. The molecule has 0 aliphatic heterocycles. The lowest BCUT2D eigenvalue weighted by atomic mass is 10.1. The second-order valence-corrected chi connectivity index (χ2v) is 4.66. The number of imidazole rings is 1. The van der Waals surface area contributed by atoms with Crippen LogP contribution < -0.4 is 4.74 Å². The third-order valence-corrected chi connectivity index (χ3v) is 3.32. The van der Waals surface area contributed by atoms with Gasteiger partial charge in [-0.1, -0.05) is 30.3 Å². The summed E-state index contributed by atoms with van der Waals surface area (Å²) >= 11 is 0. The van der Waals surface area contributed by atoms with Gasteiger partial charge in [-0.05, 0) is 19.4 Å². The molecule has 0 saturated heterocycles. The molecule has 1 aromatic carbocycles. The minimum absolute atomic E-state index is 0.102. The number of ether oxygens (including phenoxy) is 1. The van der Waals surface area contributed by atoms with Crippen LogP contribution in [0.15, 0.2) is 36.5 Å². The van der Waals surface area contributed by atoms with Crippen molar-refractivity contribution in [1.29, 1.82) is 0 Å². The molecule has 0 spiro atoms. The lowest BCUT2D eigenvalue weighted by molar-refractivity contribution is 0.326. The molecule has 0 amide bonds. The molecule has 0 fully saturated rings. The van der Waals surface area contributed by atoms with Crippen LogP contribution in [0.25, 0.3) is 11.3 Å². The van der Waals surface area contributed by atoms with Gasteiger partial charge in [-0.15, -0.1) is 0 Å². The van der Waals surface area contributed by atoms with Crippen molar-refractivity contribution in [3.05, 3.63) is 42.1 Å². The van der Waals surface area contributed by atoms with E-state index < -0.39 is 0 Å². The van der Waals surface area contributed by atoms with Crippen LogP contribution >= 0.6 is 0 Å². The normalized spacial score (nSPS) is 12.5. The third kappa shape index (κ3) is 2.40. The van der Waals surface area contributed by atoms with Gasteiger partial charge in [0, 0.05) is 0 Å². The quantitative estimate of drug-likeness (QED) is 0.797. The molecule has 0 aliphatic rings. The summed E-state index contributed by atoms with van der Waals surface area (Å²) in [5.74, 6) is 0.423. The number of rotatable bonds is 4. The number of hydrogen-bond donors (Lipinski definition) is 1. The zero-order valence-electron chi connectivity index (χ0n) is 11.9. The summed E-state index contributed by atoms with van der Waals surface area (Å²) in [7, 11) is 0. The van der Waals surface area contributed by atoms with Crippen LogP contribution in [0.1, 0.15) is 25.5 Å². The first kappa shape index (κ1) is 13.4. The highest BCUT2D eigenvalue weighted by Gasteiger charge is 2.19. The van der Waals surface area contributed by atoms with Gasteiger partial charge in [0.25, 0.3) is 6.01 Å². The summed E-state index contributed by atoms with van der Waals surface area (Å²) in [6.45, 7) is 4.37. The highest BCUT2D eigenvalue weighted by Crippen LogP contribution is 2.28. The molecule has 0 aliphatic carbocycles. The van der Waals surface area contributed by atoms with E-state index in [4.69, 9.17) is 4.74 Å². The predicted molar refractivity (Wildman–Crippen MR) is 78.4 cm³/mol. The molecular formula is C15H16N4O2. The minimum atomic E-state index is -0.109. The number of nitrogens with zero attached hydrogens (tertiary/aromatic N) is 4. The Morgan fingerprint density at radius 3 is 2.71 bits per heavy atom. The van der Waals surface area contributed by atoms with Crippen molar-refractivity contribution in [1.82, 2.24) is 19.5 Å². The molecule has 1 atom stereocenters. The minimum Gasteiger partial charge on any atom is -0.480 e. The van der Waals surface area contributed by atoms with E-state index >= 15 is 0 Å². The van der Waals surface area contributed by atoms with E-state index in [1.807, 2.05) is 44.2 Å². The summed E-state index contributed by atoms with van der Waals surface area (Å²) < 4.78 is 7.02. The van der Waals surface area contributed by atoms with Crippen LogP contribution in [-0.4, -0.2) is 31.2 Å². The molecule has 21 heavy (non-hydrogen) atoms. The molecule has 0 radical (unpaired) electrons. The van der Waals surface area contributed by atoms with Crippen LogP contribution in [0.4, 0.5) is 0 Å². The highest BCUT2D eigenvalue weighted by atomic mass is 16.5. The summed E-state index contributed by atoms with van der Waals surface area (Å²) in [5.41, 5.74) is 1.96. The Hall–Kier alpha value is -2.63. The fourth-order valence-corrected chi connectivity index (χ4v) is 2.30. The van der Waals surface area contributed by atoms with Gasteiger partial charge in [0.2, 0.25) is 11.5 Å². The molecule has 6 heteroatoms. The average molecular weight is 284 g/mol. The molecule has 3 rings (SSSR count). The molecule has 6 nitrogen and oxygen atoms in total. The van der Waals surface area contributed by atoms with Crippen LogP contribution in [-0.2, 0) is 0 Å². The summed E-state index contributed by atoms with van der Waals surface area (Å²) in [6, 6.07) is 9.65. The summed E-state index contributed by atoms with van der Waals surface area (Å²) in [4.78, 5) is 12.6. The van der Waals surface area contributed by atoms with Crippen molar-refractivity contribution in [2.24, 2.45) is 0 Å². The van der Waals surface area contributed by atoms with E-state index in [1.54, 1.807) is 4.57 Å². The lowest BCUT2D eigenvalue weighted by Gasteiger charge is -2.15. The first-order valence-corrected chi connectivity index (χ1v) is 6.82. The number of fused-ring (bicyclic) bond motifs is 1. The van der Waals surface area contributed by atoms with E-state index in [-0.39, 0.29) is 12.1 Å². The molecule has 3 aromatic rings. The Kier molecular flexibility index (Phi) is 3.43. The van der Waals surface area contributed by atoms with Crippen molar-refractivity contribution in [2.45, 2.75) is 19.9 Å². The second-order valence-electron chi connectivity index (χ2n) is 4.66. The monoisotopic (exact) mass is 284 g/mol. The largest absolute Gasteiger partial charge is 0.480 e.